The molecule has 0 bridgehead atoms. The molecule has 0 aliphatic carbocycles. The number of hydrogen-bond acceptors (Lipinski definition) is 20. The second kappa shape index (κ2) is 81.3. The molecule has 6 aromatic heterocycles. The Balaban J connectivity index is -0.0000000395. The molecule has 0 aliphatic heterocycles. The maximum absolute atomic E-state index is 10.3. The second-order valence-corrected chi connectivity index (χ2v) is 13.6. The van der Waals surface area contributed by atoms with E-state index in [4.69, 9.17) is 63.1 Å². The smallest absolute Gasteiger partial charge is 0.448 e. The summed E-state index contributed by atoms with van der Waals surface area (Å²) in [6, 6.07) is 6.39. The zero-order valence-electron chi connectivity index (χ0n) is 47.1. The minimum absolute atomic E-state index is 0. The number of nitrogens with two attached hydrogens (primary N) is 2. The molecule has 0 radical (unpaired) electrons. The van der Waals surface area contributed by atoms with Gasteiger partial charge in [0.15, 0.2) is 0 Å². The van der Waals surface area contributed by atoms with Gasteiger partial charge in [0.05, 0.1) is 9.85 Å². The zero-order chi connectivity index (χ0) is 61.4. The van der Waals surface area contributed by atoms with Crippen molar-refractivity contribution in [1.82, 2.24) is 50.3 Å². The van der Waals surface area contributed by atoms with Gasteiger partial charge in [0, 0.05) is 83.8 Å². The number of nitrogens with zero attached hydrogens (tertiary/aromatic N) is 12. The third kappa shape index (κ3) is 69.0. The van der Waals surface area contributed by atoms with E-state index < -0.39 is 28.9 Å². The van der Waals surface area contributed by atoms with E-state index in [0.29, 0.717) is 27.9 Å². The molecule has 6 heterocycles. The van der Waals surface area contributed by atoms with Crippen molar-refractivity contribution in [2.45, 2.75) is 176 Å². The standard InChI is InChI=1S/C8H10N4O.C6H5ClN2O2.C6H6N4O.C5H2BrClN2O2.C2H5Br.2C2H4O2.6C2H6.CH5BO2.5CH4.H4N2.Pd.2H2/c1-3-13-12-7-4-6(2)5-9-8(7)10-11-12;1-4-2-5(9(10)11)6(7)8-3-4;1-4-2-5-6(7-3-4)8-9-10(5)11;6-3-1-4(9(10)11)5(7)8-2-3;1-2-3;2*1-2(3)4;6*1-2;1-2(3)4;;;;;;1-2;;;/h4-5H,3H2,1-2H3;2-3H,1H3;2-3,11H,1H3;1-2H;2H2,1H3;2*1H3,(H,3,4);6*1-2H3;3-4H,1H3;5*1H4;1-2H2;;2*1H/i;;;;;;;;;;;;;;;;;;;;;2*1+1. The van der Waals surface area contributed by atoms with Crippen LogP contribution in [0.2, 0.25) is 17.1 Å². The van der Waals surface area contributed by atoms with Crippen LogP contribution in [0.3, 0.4) is 0 Å². The average Bonchev–Trinajstić information content (AvgIpc) is 3.96. The average molecular weight is 1430 g/mol. The Morgan fingerprint density at radius 1 is 0.654 bits per heavy atom. The van der Waals surface area contributed by atoms with E-state index in [1.54, 1.807) is 25.4 Å². The van der Waals surface area contributed by atoms with Gasteiger partial charge in [0.2, 0.25) is 21.6 Å². The summed E-state index contributed by atoms with van der Waals surface area (Å²) in [6.45, 7) is 37.5. The summed E-state index contributed by atoms with van der Waals surface area (Å²) in [4.78, 5) is 59.9. The van der Waals surface area contributed by atoms with Crippen molar-refractivity contribution in [2.75, 3.05) is 11.9 Å². The number of aryl methyl sites for hydroxylation is 3. The number of hydrogen-bond donors (Lipinski definition) is 7. The number of carboxylic acids is 2. The van der Waals surface area contributed by atoms with E-state index >= 15 is 0 Å². The topological polar surface area (TPSA) is 396 Å². The molecule has 0 amide bonds. The molecule has 81 heavy (non-hydrogen) atoms. The third-order valence-electron chi connectivity index (χ3n) is 5.22. The van der Waals surface area contributed by atoms with Gasteiger partial charge >= 0.3 is 18.5 Å². The fourth-order valence-electron chi connectivity index (χ4n) is 3.22. The van der Waals surface area contributed by atoms with E-state index in [1.165, 1.54) is 36.2 Å². The molecular formula is C49H105BBr2Cl2N14O12Pd. The molecule has 0 aromatic carbocycles. The summed E-state index contributed by atoms with van der Waals surface area (Å²) in [7, 11) is -1.17. The Bertz CT molecular complexity index is 2250. The van der Waals surface area contributed by atoms with Crippen LogP contribution in [0.4, 0.5) is 11.4 Å². The van der Waals surface area contributed by atoms with Gasteiger partial charge < -0.3 is 30.3 Å². The van der Waals surface area contributed by atoms with E-state index in [2.05, 4.69) is 84.1 Å². The van der Waals surface area contributed by atoms with E-state index in [-0.39, 0.29) is 82.1 Å². The SMILES string of the molecule is C.C.C.C.C.CB(O)O.CC.CC.CC.CC.CC.CC.CC(=O)O.CC(=O)O.CCBr.CCOn1nnc2ncc(C)cc21.Cc1cnc(Cl)c([N+](=O)[O-])c1.Cc1cnc2nnn(O)c2c1.NN.O=[N+]([O-])c1cc(Br)cnc1Cl.[2HH].[2HH].[Pd]. The van der Waals surface area contributed by atoms with Crippen molar-refractivity contribution < 1.29 is 73.0 Å². The number of aromatic nitrogens is 10. The molecule has 484 valence electrons. The first-order valence-corrected chi connectivity index (χ1v) is 25.6. The molecule has 6 rings (SSSR count). The monoisotopic (exact) mass is 1430 g/mol. The normalized spacial score (nSPS) is 7.46. The van der Waals surface area contributed by atoms with Gasteiger partial charge in [-0.2, -0.15) is 0 Å². The van der Waals surface area contributed by atoms with Crippen molar-refractivity contribution in [3.05, 3.63) is 101 Å². The second-order valence-electron chi connectivity index (χ2n) is 10.8. The van der Waals surface area contributed by atoms with Crippen LogP contribution in [-0.2, 0) is 30.0 Å². The predicted octanol–water partition coefficient (Wildman–Crippen LogP) is 14.6. The maximum atomic E-state index is 10.3. The summed E-state index contributed by atoms with van der Waals surface area (Å²) in [6.07, 6.45) is 6.31. The van der Waals surface area contributed by atoms with Crippen LogP contribution in [0.5, 0.6) is 0 Å². The zero-order valence-corrected chi connectivity index (χ0v) is 53.3. The number of carbonyl (C=O) groups is 2. The van der Waals surface area contributed by atoms with Crippen LogP contribution in [-0.4, -0.2) is 117 Å². The molecule has 0 unspecified atom stereocenters. The number of nitro groups is 2. The third-order valence-corrected chi connectivity index (χ3v) is 6.24. The Morgan fingerprint density at radius 3 is 1.23 bits per heavy atom. The van der Waals surface area contributed by atoms with Crippen LogP contribution >= 0.6 is 55.1 Å². The van der Waals surface area contributed by atoms with Crippen molar-refractivity contribution >= 4 is 108 Å². The number of carboxylic acid groups (broad SMARTS) is 2. The van der Waals surface area contributed by atoms with Gasteiger partial charge in [-0.1, -0.05) is 176 Å². The van der Waals surface area contributed by atoms with Gasteiger partial charge in [-0.05, 0) is 89.7 Å². The van der Waals surface area contributed by atoms with Crippen LogP contribution in [0.25, 0.3) is 22.3 Å². The molecule has 0 spiro atoms. The number of alkyl halides is 1. The summed E-state index contributed by atoms with van der Waals surface area (Å²) in [5.41, 5.74) is 4.82. The molecule has 32 heteroatoms. The van der Waals surface area contributed by atoms with Crippen LogP contribution in [0.1, 0.15) is 167 Å². The summed E-state index contributed by atoms with van der Waals surface area (Å²) >= 11 is 17.0. The van der Waals surface area contributed by atoms with Crippen molar-refractivity contribution in [3.63, 3.8) is 0 Å². The first-order valence-electron chi connectivity index (χ1n) is 23.0. The Morgan fingerprint density at radius 2 is 0.926 bits per heavy atom. The summed E-state index contributed by atoms with van der Waals surface area (Å²) in [5.74, 6) is 6.33. The van der Waals surface area contributed by atoms with Gasteiger partial charge in [0.1, 0.15) is 17.6 Å². The van der Waals surface area contributed by atoms with Gasteiger partial charge in [-0.25, -0.2) is 19.9 Å². The molecule has 26 nitrogen and oxygen atoms in total. The van der Waals surface area contributed by atoms with E-state index in [1.807, 2.05) is 117 Å². The minimum atomic E-state index is -1.17. The van der Waals surface area contributed by atoms with Crippen LogP contribution < -0.4 is 16.5 Å². The first kappa shape index (κ1) is 115. The summed E-state index contributed by atoms with van der Waals surface area (Å²) in [5, 5.41) is 75.1. The summed E-state index contributed by atoms with van der Waals surface area (Å²) < 4.78 is 0.536. The fraction of sp³-hybridized carbons (Fsp3) is 0.551. The largest absolute Gasteiger partial charge is 0.481 e. The molecule has 0 fully saturated rings. The molecule has 0 aliphatic rings. The number of halogens is 4. The van der Waals surface area contributed by atoms with E-state index in [9.17, 15) is 20.2 Å². The van der Waals surface area contributed by atoms with Gasteiger partial charge in [-0.3, -0.25) is 41.5 Å². The Hall–Kier alpha value is -5.15. The minimum Gasteiger partial charge on any atom is -0.481 e. The Kier molecular flexibility index (Phi) is 115. The molecular weight excluding hydrogens is 1320 g/mol. The number of fused-ring (bicyclic) bond motifs is 2. The predicted molar refractivity (Wildman–Crippen MR) is 345 cm³/mol. The van der Waals surface area contributed by atoms with Crippen molar-refractivity contribution in [2.24, 2.45) is 11.7 Å². The molecule has 0 saturated heterocycles. The molecule has 9 N–H and O–H groups in total. The van der Waals surface area contributed by atoms with Crippen molar-refractivity contribution in [3.8, 4) is 0 Å². The Labute approximate surface area is 527 Å². The van der Waals surface area contributed by atoms with Crippen LogP contribution in [0, 0.1) is 41.0 Å². The number of hydrazine groups is 1. The number of aliphatic carboxylic acids is 2. The first-order chi connectivity index (χ1) is 35.4. The number of rotatable bonds is 4. The van der Waals surface area contributed by atoms with Gasteiger partial charge in [-0.15, -0.1) is 10.2 Å². The maximum Gasteiger partial charge on any atom is 0.448 e. The fourth-order valence-corrected chi connectivity index (χ4v) is 3.89. The van der Waals surface area contributed by atoms with E-state index in [0.717, 1.165) is 46.2 Å². The molecule has 6 aromatic rings. The van der Waals surface area contributed by atoms with Crippen molar-refractivity contribution in [1.29, 1.82) is 0 Å². The van der Waals surface area contributed by atoms with Gasteiger partial charge in [0.25, 0.3) is 11.9 Å². The molecule has 0 atom stereocenters. The van der Waals surface area contributed by atoms with Crippen LogP contribution in [0.15, 0.2) is 53.5 Å². The molecule has 0 saturated carbocycles. The quantitative estimate of drug-likeness (QED) is 0.0164. The number of pyridine rings is 4.